The number of amides is 5. The summed E-state index contributed by atoms with van der Waals surface area (Å²) >= 11 is 3.55. The minimum atomic E-state index is -0.901. The largest absolute Gasteiger partial charge is 0.508 e. The number of piperazine rings is 1. The number of hydrogen-bond acceptors (Lipinski definition) is 13. The maximum Gasteiger partial charge on any atom is 0.415 e. The van der Waals surface area contributed by atoms with Crippen molar-refractivity contribution >= 4 is 57.2 Å². The molecule has 19 heteroatoms. The van der Waals surface area contributed by atoms with E-state index in [1.807, 2.05) is 52.0 Å². The second kappa shape index (κ2) is 21.7. The highest BCUT2D eigenvalue weighted by atomic mass is 79.9. The number of carbonyl (C=O) groups is 4. The highest BCUT2D eigenvalue weighted by molar-refractivity contribution is 9.10. The summed E-state index contributed by atoms with van der Waals surface area (Å²) in [5, 5.41) is 32.3. The second-order valence-electron chi connectivity index (χ2n) is 17.0. The van der Waals surface area contributed by atoms with Crippen molar-refractivity contribution in [1.29, 1.82) is 5.41 Å². The number of anilines is 2. The first kappa shape index (κ1) is 48.8. The van der Waals surface area contributed by atoms with E-state index in [4.69, 9.17) is 25.4 Å². The van der Waals surface area contributed by atoms with Gasteiger partial charge in [-0.15, -0.1) is 0 Å². The van der Waals surface area contributed by atoms with Gasteiger partial charge in [0.15, 0.2) is 5.82 Å². The van der Waals surface area contributed by atoms with Crippen LogP contribution in [0.4, 0.5) is 21.1 Å². The van der Waals surface area contributed by atoms with Crippen molar-refractivity contribution in [3.05, 3.63) is 129 Å². The summed E-state index contributed by atoms with van der Waals surface area (Å²) in [4.78, 5) is 67.1. The number of nitrogens with two attached hydrogens (primary N) is 1. The van der Waals surface area contributed by atoms with Crippen LogP contribution < -0.4 is 25.4 Å². The van der Waals surface area contributed by atoms with E-state index in [-0.39, 0.29) is 66.8 Å². The third-order valence-corrected chi connectivity index (χ3v) is 12.5. The average Bonchev–Trinajstić information content (AvgIpc) is 3.31. The smallest absolute Gasteiger partial charge is 0.415 e. The van der Waals surface area contributed by atoms with Gasteiger partial charge in [0, 0.05) is 60.9 Å². The van der Waals surface area contributed by atoms with Crippen LogP contribution in [0.1, 0.15) is 63.6 Å². The van der Waals surface area contributed by atoms with E-state index in [9.17, 15) is 29.4 Å². The predicted molar refractivity (Wildman–Crippen MR) is 258 cm³/mol. The number of carbonyl (C=O) groups excluding carboxylic acids is 4. The number of aromatic nitrogens is 2. The molecule has 4 aromatic carbocycles. The maximum atomic E-state index is 13.5. The molecule has 3 heterocycles. The molecule has 0 saturated carbocycles. The molecule has 2 fully saturated rings. The lowest BCUT2D eigenvalue weighted by molar-refractivity contribution is -0.115. The fourth-order valence-corrected chi connectivity index (χ4v) is 8.21. The third kappa shape index (κ3) is 12.1. The zero-order valence-corrected chi connectivity index (χ0v) is 39.8. The molecule has 0 bridgehead atoms. The van der Waals surface area contributed by atoms with E-state index < -0.39 is 18.2 Å². The van der Waals surface area contributed by atoms with E-state index in [0.717, 1.165) is 32.3 Å². The van der Waals surface area contributed by atoms with Crippen molar-refractivity contribution in [1.82, 2.24) is 24.7 Å². The van der Waals surface area contributed by atoms with Crippen LogP contribution in [-0.2, 0) is 22.5 Å². The Morgan fingerprint density at radius 2 is 1.65 bits per heavy atom. The Morgan fingerprint density at radius 3 is 2.31 bits per heavy atom. The van der Waals surface area contributed by atoms with Gasteiger partial charge in [-0.25, -0.2) is 19.5 Å². The number of phenolic OH excluding ortho intramolecular Hbond substituents is 2. The van der Waals surface area contributed by atoms with Crippen LogP contribution in [0.25, 0.3) is 0 Å². The Kier molecular flexibility index (Phi) is 15.6. The van der Waals surface area contributed by atoms with Crippen LogP contribution in [0.15, 0.2) is 89.7 Å². The first-order valence-electron chi connectivity index (χ1n) is 22.1. The Bertz CT molecular complexity index is 2660. The van der Waals surface area contributed by atoms with Crippen molar-refractivity contribution in [2.24, 2.45) is 5.73 Å². The number of nitrogens with zero attached hydrogens (tertiary/aromatic N) is 6. The molecule has 2 aliphatic rings. The van der Waals surface area contributed by atoms with E-state index >= 15 is 0 Å². The summed E-state index contributed by atoms with van der Waals surface area (Å²) < 4.78 is 18.6. The normalized spacial score (nSPS) is 15.2. The van der Waals surface area contributed by atoms with E-state index in [1.54, 1.807) is 52.4 Å². The number of benzene rings is 4. The molecular formula is C49H54BrN9O9. The van der Waals surface area contributed by atoms with Gasteiger partial charge in [0.2, 0.25) is 5.91 Å². The number of ether oxygens (including phenoxy) is 3. The zero-order valence-electron chi connectivity index (χ0n) is 38.2. The molecule has 68 heavy (non-hydrogen) atoms. The predicted octanol–water partition coefficient (Wildman–Crippen LogP) is 6.72. The highest BCUT2D eigenvalue weighted by Crippen LogP contribution is 2.34. The number of morpholine rings is 1. The summed E-state index contributed by atoms with van der Waals surface area (Å²) in [5.41, 5.74) is 10.3. The fraction of sp³-hybridized carbons (Fsp3) is 0.327. The number of urea groups is 1. The first-order chi connectivity index (χ1) is 32.5. The molecule has 6 N–H and O–H groups in total. The Hall–Kier alpha value is -7.09. The summed E-state index contributed by atoms with van der Waals surface area (Å²) in [5.74, 6) is -0.133. The van der Waals surface area contributed by atoms with Crippen LogP contribution in [0.2, 0.25) is 0 Å². The molecule has 356 valence electrons. The summed E-state index contributed by atoms with van der Waals surface area (Å²) in [6.45, 7) is 11.2. The number of hydrogen-bond donors (Lipinski definition) is 5. The lowest BCUT2D eigenvalue weighted by Crippen LogP contribution is -2.48. The standard InChI is InChI=1S/C49H54BrN9O9/c1-29(2)38-22-39(42(61)23-41(38)60)46(51)59(48(52)64)35-9-5-32(6-10-35)26-56-13-15-57(16-14-56)47(63)33-7-11-36(12-8-33)68-49(65)58-17-18-66-37(27-58)28-67-43-19-30(3)40(50)20-34(43)21-45(62)55-44-25-53-31(4)24-54-44/h5-12,19-20,22-25,29,37,51,60-61H,13-18,21,26-28H2,1-4H3,(H2,52,64)(H,54,55,62)/t37-/m0/s1. The van der Waals surface area contributed by atoms with Crippen molar-refractivity contribution in [2.45, 2.75) is 52.7 Å². The van der Waals surface area contributed by atoms with E-state index in [0.29, 0.717) is 79.0 Å². The van der Waals surface area contributed by atoms with Crippen molar-refractivity contribution in [3.8, 4) is 23.0 Å². The summed E-state index contributed by atoms with van der Waals surface area (Å²) in [6, 6.07) is 19.0. The lowest BCUT2D eigenvalue weighted by atomic mass is 9.98. The Labute approximate surface area is 402 Å². The molecule has 0 unspecified atom stereocenters. The number of aromatic hydroxyl groups is 2. The van der Waals surface area contributed by atoms with Gasteiger partial charge in [-0.3, -0.25) is 24.9 Å². The second-order valence-corrected chi connectivity index (χ2v) is 17.8. The van der Waals surface area contributed by atoms with Crippen LogP contribution >= 0.6 is 15.9 Å². The van der Waals surface area contributed by atoms with Gasteiger partial charge in [-0.2, -0.15) is 0 Å². The molecule has 18 nitrogen and oxygen atoms in total. The molecule has 7 rings (SSSR count). The molecule has 0 spiro atoms. The van der Waals surface area contributed by atoms with Crippen molar-refractivity contribution < 1.29 is 43.6 Å². The summed E-state index contributed by atoms with van der Waals surface area (Å²) in [6.07, 6.45) is 2.09. The molecule has 0 radical (unpaired) electrons. The van der Waals surface area contributed by atoms with Crippen LogP contribution in [0.5, 0.6) is 23.0 Å². The van der Waals surface area contributed by atoms with Gasteiger partial charge in [0.25, 0.3) is 5.91 Å². The van der Waals surface area contributed by atoms with Crippen molar-refractivity contribution in [3.63, 3.8) is 0 Å². The molecule has 0 aliphatic carbocycles. The molecule has 5 aromatic rings. The maximum absolute atomic E-state index is 13.5. The van der Waals surface area contributed by atoms with Crippen LogP contribution in [0, 0.1) is 19.3 Å². The number of phenols is 2. The third-order valence-electron chi connectivity index (χ3n) is 11.6. The van der Waals surface area contributed by atoms with E-state index in [1.165, 1.54) is 12.3 Å². The molecule has 1 aromatic heterocycles. The monoisotopic (exact) mass is 991 g/mol. The number of primary amides is 1. The van der Waals surface area contributed by atoms with Crippen LogP contribution in [-0.4, -0.2) is 123 Å². The number of rotatable bonds is 13. The lowest BCUT2D eigenvalue weighted by Gasteiger charge is -2.35. The highest BCUT2D eigenvalue weighted by Gasteiger charge is 2.29. The summed E-state index contributed by atoms with van der Waals surface area (Å²) in [7, 11) is 0. The number of nitrogens with one attached hydrogen (secondary N) is 2. The zero-order chi connectivity index (χ0) is 48.6. The van der Waals surface area contributed by atoms with E-state index in [2.05, 4.69) is 36.1 Å². The van der Waals surface area contributed by atoms with Gasteiger partial charge in [-0.1, -0.05) is 41.9 Å². The molecule has 2 saturated heterocycles. The number of halogens is 1. The van der Waals surface area contributed by atoms with Gasteiger partial charge >= 0.3 is 12.1 Å². The fourth-order valence-electron chi connectivity index (χ4n) is 7.82. The van der Waals surface area contributed by atoms with Gasteiger partial charge in [-0.05, 0) is 91.1 Å². The number of amidine groups is 1. The minimum Gasteiger partial charge on any atom is -0.508 e. The molecule has 1 atom stereocenters. The molecule has 2 aliphatic heterocycles. The first-order valence-corrected chi connectivity index (χ1v) is 22.9. The Balaban J connectivity index is 0.868. The quantitative estimate of drug-likeness (QED) is 0.0611. The van der Waals surface area contributed by atoms with Crippen LogP contribution in [0.3, 0.4) is 0 Å². The SMILES string of the molecule is Cc1cnc(NC(=O)Cc2cc(Br)c(C)cc2OC[C@@H]2CN(C(=O)Oc3ccc(C(=O)N4CCN(Cc5ccc(N(C(=N)c6cc(C(C)C)c(O)cc6O)C(N)=O)cc5)CC4)cc3)CCO2)cn1. The van der Waals surface area contributed by atoms with Gasteiger partial charge in [0.1, 0.15) is 41.5 Å². The number of aryl methyl sites for hydroxylation is 2. The Morgan fingerprint density at radius 1 is 0.926 bits per heavy atom. The average molecular weight is 993 g/mol. The van der Waals surface area contributed by atoms with Gasteiger partial charge < -0.3 is 45.3 Å². The van der Waals surface area contributed by atoms with Crippen molar-refractivity contribution in [2.75, 3.05) is 62.7 Å². The molecular weight excluding hydrogens is 938 g/mol. The molecule has 5 amide bonds. The van der Waals surface area contributed by atoms with Gasteiger partial charge in [0.05, 0.1) is 48.9 Å². The topological polar surface area (TPSA) is 237 Å². The minimum absolute atomic E-state index is 0.0296.